The third-order valence-corrected chi connectivity index (χ3v) is 6.67. The highest BCUT2D eigenvalue weighted by Crippen LogP contribution is 2.48. The highest BCUT2D eigenvalue weighted by Gasteiger charge is 2.53. The number of nitrogens with zero attached hydrogens (tertiary/aromatic N) is 4. The molecule has 0 N–H and O–H groups in total. The van der Waals surface area contributed by atoms with Crippen LogP contribution < -0.4 is 9.64 Å². The van der Waals surface area contributed by atoms with Crippen LogP contribution in [0, 0.1) is 12.8 Å². The van der Waals surface area contributed by atoms with Gasteiger partial charge >= 0.3 is 0 Å². The molecule has 2 bridgehead atoms. The molecule has 5 nitrogen and oxygen atoms in total. The summed E-state index contributed by atoms with van der Waals surface area (Å²) in [6.07, 6.45) is 6.25. The number of aryl methyl sites for hydroxylation is 1. The van der Waals surface area contributed by atoms with E-state index in [1.54, 1.807) is 13.3 Å². The van der Waals surface area contributed by atoms with Crippen LogP contribution in [0.5, 0.6) is 5.75 Å². The van der Waals surface area contributed by atoms with E-state index in [1.165, 1.54) is 31.5 Å². The molecule has 0 radical (unpaired) electrons. The molecule has 0 aliphatic carbocycles. The van der Waals surface area contributed by atoms with Crippen LogP contribution in [0.25, 0.3) is 0 Å². The van der Waals surface area contributed by atoms with Gasteiger partial charge in [0.05, 0.1) is 12.8 Å². The average molecular weight is 350 g/mol. The van der Waals surface area contributed by atoms with Gasteiger partial charge in [0, 0.05) is 36.9 Å². The van der Waals surface area contributed by atoms with Gasteiger partial charge in [-0.15, -0.1) is 0 Å². The molecule has 0 saturated carbocycles. The van der Waals surface area contributed by atoms with E-state index in [4.69, 9.17) is 9.72 Å². The van der Waals surface area contributed by atoms with Gasteiger partial charge in [0.1, 0.15) is 11.6 Å². The smallest absolute Gasteiger partial charge is 0.150 e. The lowest BCUT2D eigenvalue weighted by Gasteiger charge is -2.51. The van der Waals surface area contributed by atoms with Crippen molar-refractivity contribution in [2.75, 3.05) is 31.6 Å². The molecule has 0 spiro atoms. The van der Waals surface area contributed by atoms with Crippen molar-refractivity contribution in [3.8, 4) is 5.75 Å². The molecule has 5 heteroatoms. The largest absolute Gasteiger partial charge is 0.497 e. The number of anilines is 1. The number of ether oxygens (including phenoxy) is 1. The van der Waals surface area contributed by atoms with Crippen molar-refractivity contribution < 1.29 is 4.74 Å². The molecule has 4 fully saturated rings. The number of hydrogen-bond acceptors (Lipinski definition) is 5. The third kappa shape index (κ3) is 2.41. The van der Waals surface area contributed by atoms with Gasteiger partial charge in [-0.3, -0.25) is 9.88 Å². The molecular formula is C21H26N4O. The van der Waals surface area contributed by atoms with Crippen molar-refractivity contribution >= 4 is 5.82 Å². The van der Waals surface area contributed by atoms with E-state index >= 15 is 0 Å². The van der Waals surface area contributed by atoms with Crippen molar-refractivity contribution in [1.29, 1.82) is 0 Å². The van der Waals surface area contributed by atoms with Gasteiger partial charge in [-0.25, -0.2) is 4.98 Å². The second kappa shape index (κ2) is 6.23. The third-order valence-electron chi connectivity index (χ3n) is 6.67. The molecule has 6 rings (SSSR count). The number of hydrogen-bond donors (Lipinski definition) is 0. The molecule has 5 heterocycles. The summed E-state index contributed by atoms with van der Waals surface area (Å²) in [5.41, 5.74) is 2.45. The van der Waals surface area contributed by atoms with Crippen LogP contribution in [0.3, 0.4) is 0 Å². The molecular weight excluding hydrogens is 324 g/mol. The topological polar surface area (TPSA) is 41.5 Å². The number of methoxy groups -OCH3 is 1. The maximum atomic E-state index is 5.35. The molecule has 2 aromatic rings. The minimum atomic E-state index is 0.510. The number of benzene rings is 1. The Morgan fingerprint density at radius 1 is 1.00 bits per heavy atom. The van der Waals surface area contributed by atoms with Crippen molar-refractivity contribution in [3.05, 3.63) is 47.9 Å². The fourth-order valence-corrected chi connectivity index (χ4v) is 5.49. The second-order valence-corrected chi connectivity index (χ2v) is 7.85. The Hall–Kier alpha value is -2.14. The minimum absolute atomic E-state index is 0.510. The number of fused-ring (bicyclic) bond motifs is 2. The zero-order chi connectivity index (χ0) is 17.7. The molecule has 4 saturated heterocycles. The minimum Gasteiger partial charge on any atom is -0.497 e. The van der Waals surface area contributed by atoms with E-state index in [-0.39, 0.29) is 0 Å². The summed E-state index contributed by atoms with van der Waals surface area (Å²) in [6, 6.07) is 9.82. The fraction of sp³-hybridized carbons (Fsp3) is 0.524. The summed E-state index contributed by atoms with van der Waals surface area (Å²) < 4.78 is 5.35. The predicted octanol–water partition coefficient (Wildman–Crippen LogP) is 2.86. The van der Waals surface area contributed by atoms with Gasteiger partial charge in [0.25, 0.3) is 0 Å². The van der Waals surface area contributed by atoms with Crippen molar-refractivity contribution in [3.63, 3.8) is 0 Å². The van der Waals surface area contributed by atoms with E-state index < -0.39 is 0 Å². The summed E-state index contributed by atoms with van der Waals surface area (Å²) in [5, 5.41) is 0. The monoisotopic (exact) mass is 350 g/mol. The van der Waals surface area contributed by atoms with E-state index in [1.807, 2.05) is 6.20 Å². The predicted molar refractivity (Wildman–Crippen MR) is 102 cm³/mol. The first kappa shape index (κ1) is 16.1. The second-order valence-electron chi connectivity index (χ2n) is 7.85. The zero-order valence-corrected chi connectivity index (χ0v) is 15.5. The standard InChI is InChI=1S/C21H26N4O/c1-14-21(23-10-9-22-14)25-13-18(15-3-5-17(26-2)6-4-15)20-19(25)16-7-11-24(20)12-8-16/h3-6,9-10,16,18-20H,7-8,11-13H2,1-2H3/t18-,19+,20+/m0/s1. The molecule has 0 unspecified atom stereocenters. The van der Waals surface area contributed by atoms with Gasteiger partial charge in [-0.2, -0.15) is 0 Å². The zero-order valence-electron chi connectivity index (χ0n) is 15.5. The van der Waals surface area contributed by atoms with Crippen LogP contribution in [0.4, 0.5) is 5.82 Å². The highest BCUT2D eigenvalue weighted by molar-refractivity contribution is 5.49. The highest BCUT2D eigenvalue weighted by atomic mass is 16.5. The van der Waals surface area contributed by atoms with Gasteiger partial charge < -0.3 is 9.64 Å². The molecule has 4 aliphatic heterocycles. The first-order valence-electron chi connectivity index (χ1n) is 9.68. The first-order valence-corrected chi connectivity index (χ1v) is 9.68. The summed E-state index contributed by atoms with van der Waals surface area (Å²) >= 11 is 0. The SMILES string of the molecule is COc1ccc([C@@H]2CN(c3nccnc3C)[C@@H]3C4CCN(CC4)[C@@H]32)cc1. The fourth-order valence-electron chi connectivity index (χ4n) is 5.49. The molecule has 1 aromatic heterocycles. The molecule has 26 heavy (non-hydrogen) atoms. The van der Waals surface area contributed by atoms with E-state index in [2.05, 4.69) is 46.0 Å². The Labute approximate surface area is 155 Å². The average Bonchev–Trinajstić information content (AvgIpc) is 3.12. The van der Waals surface area contributed by atoms with Gasteiger partial charge in [-0.05, 0) is 56.5 Å². The van der Waals surface area contributed by atoms with Gasteiger partial charge in [-0.1, -0.05) is 12.1 Å². The maximum Gasteiger partial charge on any atom is 0.150 e. The summed E-state index contributed by atoms with van der Waals surface area (Å²) in [7, 11) is 1.73. The number of piperidine rings is 3. The molecule has 3 atom stereocenters. The summed E-state index contributed by atoms with van der Waals surface area (Å²) in [6.45, 7) is 5.59. The first-order chi connectivity index (χ1) is 12.8. The molecule has 136 valence electrons. The normalized spacial score (nSPS) is 32.5. The van der Waals surface area contributed by atoms with Crippen molar-refractivity contribution in [1.82, 2.24) is 14.9 Å². The van der Waals surface area contributed by atoms with Crippen molar-refractivity contribution in [2.24, 2.45) is 5.92 Å². The number of rotatable bonds is 3. The van der Waals surface area contributed by atoms with Crippen molar-refractivity contribution in [2.45, 2.75) is 37.8 Å². The van der Waals surface area contributed by atoms with Crippen LogP contribution in [-0.4, -0.2) is 53.7 Å². The molecule has 1 aromatic carbocycles. The van der Waals surface area contributed by atoms with Crippen LogP contribution >= 0.6 is 0 Å². The van der Waals surface area contributed by atoms with E-state index in [0.717, 1.165) is 29.7 Å². The Balaban J connectivity index is 1.55. The van der Waals surface area contributed by atoms with E-state index in [0.29, 0.717) is 18.0 Å². The molecule has 0 amide bonds. The Kier molecular flexibility index (Phi) is 3.85. The van der Waals surface area contributed by atoms with Gasteiger partial charge in [0.15, 0.2) is 0 Å². The Morgan fingerprint density at radius 3 is 2.42 bits per heavy atom. The quantitative estimate of drug-likeness (QED) is 0.851. The summed E-state index contributed by atoms with van der Waals surface area (Å²) in [4.78, 5) is 14.5. The van der Waals surface area contributed by atoms with E-state index in [9.17, 15) is 0 Å². The lowest BCUT2D eigenvalue weighted by atomic mass is 9.75. The Morgan fingerprint density at radius 2 is 1.73 bits per heavy atom. The van der Waals surface area contributed by atoms with Gasteiger partial charge in [0.2, 0.25) is 0 Å². The maximum absolute atomic E-state index is 5.35. The Bertz CT molecular complexity index is 785. The lowest BCUT2D eigenvalue weighted by Crippen LogP contribution is -2.60. The number of aromatic nitrogens is 2. The lowest BCUT2D eigenvalue weighted by molar-refractivity contribution is 0.0354. The van der Waals surface area contributed by atoms with Crippen LogP contribution in [0.1, 0.15) is 30.0 Å². The van der Waals surface area contributed by atoms with Crippen LogP contribution in [-0.2, 0) is 0 Å². The molecule has 4 aliphatic rings. The van der Waals surface area contributed by atoms with Crippen LogP contribution in [0.2, 0.25) is 0 Å². The summed E-state index contributed by atoms with van der Waals surface area (Å²) in [5.74, 6) is 3.28. The van der Waals surface area contributed by atoms with Crippen LogP contribution in [0.15, 0.2) is 36.7 Å².